The average Bonchev–Trinajstić information content (AvgIpc) is 2.36. The summed E-state index contributed by atoms with van der Waals surface area (Å²) >= 11 is 0. The van der Waals surface area contributed by atoms with Crippen LogP contribution in [0.15, 0.2) is 0 Å². The zero-order valence-corrected chi connectivity index (χ0v) is 24.9. The molecule has 0 aromatic carbocycles. The van der Waals surface area contributed by atoms with Crippen LogP contribution in [0, 0.1) is 0 Å². The minimum absolute atomic E-state index is 1.49. The standard InChI is InChI=1S/C8H24O12Si8/c1-9-22-12-25(5)14-23(3)10-21(2)11-24(4)15-26(6,13-22)19-28(8,18-25)20-27(7,16-23)17-24/h1-8H3. The van der Waals surface area contributed by atoms with Gasteiger partial charge in [-0.2, -0.15) is 0 Å². The van der Waals surface area contributed by atoms with Gasteiger partial charge in [-0.3, -0.25) is 0 Å². The smallest absolute Gasteiger partial charge is 0.394 e. The Morgan fingerprint density at radius 2 is 0.786 bits per heavy atom. The van der Waals surface area contributed by atoms with Gasteiger partial charge in [0.05, 0.1) is 0 Å². The fourth-order valence-corrected chi connectivity index (χ4v) is 40.6. The molecule has 4 aliphatic rings. The lowest BCUT2D eigenvalue weighted by atomic mass is 11.8. The van der Waals surface area contributed by atoms with E-state index in [0.29, 0.717) is 0 Å². The summed E-state index contributed by atoms with van der Waals surface area (Å²) in [6.07, 6.45) is 0. The molecule has 4 unspecified atom stereocenters. The molecule has 4 fully saturated rings. The third-order valence-corrected chi connectivity index (χ3v) is 34.6. The molecule has 4 heterocycles. The highest BCUT2D eigenvalue weighted by Gasteiger charge is 2.72. The predicted octanol–water partition coefficient (Wildman–Crippen LogP) is 0.385. The molecule has 4 saturated heterocycles. The second kappa shape index (κ2) is 6.87. The first-order chi connectivity index (χ1) is 12.7. The first-order valence-corrected chi connectivity index (χ1v) is 25.0. The van der Waals surface area contributed by atoms with Crippen molar-refractivity contribution in [2.24, 2.45) is 0 Å². The lowest BCUT2D eigenvalue weighted by Crippen LogP contribution is -2.80. The number of hydrogen-bond donors (Lipinski definition) is 0. The molecule has 2 radical (unpaired) electrons. The quantitative estimate of drug-likeness (QED) is 0.432. The highest BCUT2D eigenvalue weighted by molar-refractivity contribution is 6.97. The van der Waals surface area contributed by atoms with E-state index in [-0.39, 0.29) is 0 Å². The van der Waals surface area contributed by atoms with Gasteiger partial charge in [-0.05, 0) is 6.55 Å². The largest absolute Gasteiger partial charge is 0.561 e. The van der Waals surface area contributed by atoms with Crippen molar-refractivity contribution in [1.29, 1.82) is 0 Å². The van der Waals surface area contributed by atoms with Crippen molar-refractivity contribution < 1.29 is 49.7 Å². The Labute approximate surface area is 174 Å². The molecule has 0 amide bonds. The molecule has 0 saturated carbocycles. The number of rotatable bonds is 1. The number of fused-ring (bicyclic) bond motifs is 4. The van der Waals surface area contributed by atoms with Crippen molar-refractivity contribution in [1.82, 2.24) is 0 Å². The van der Waals surface area contributed by atoms with Crippen LogP contribution in [0.1, 0.15) is 0 Å². The van der Waals surface area contributed by atoms with Crippen LogP contribution in [0.25, 0.3) is 0 Å². The van der Waals surface area contributed by atoms with Gasteiger partial charge in [0.15, 0.2) is 0 Å². The normalized spacial score (nSPS) is 55.7. The molecular weight excluding hydrogens is 513 g/mol. The summed E-state index contributed by atoms with van der Waals surface area (Å²) in [4.78, 5) is 0. The molecule has 0 aliphatic carbocycles. The van der Waals surface area contributed by atoms with Crippen molar-refractivity contribution in [3.8, 4) is 0 Å². The molecule has 0 spiro atoms. The fourth-order valence-electron chi connectivity index (χ4n) is 3.68. The van der Waals surface area contributed by atoms with Gasteiger partial charge >= 0.3 is 71.6 Å². The molecule has 4 rings (SSSR count). The molecule has 12 nitrogen and oxygen atoms in total. The maximum atomic E-state index is 6.37. The van der Waals surface area contributed by atoms with E-state index < -0.39 is 71.6 Å². The molecule has 160 valence electrons. The summed E-state index contributed by atoms with van der Waals surface area (Å²) in [6.45, 7) is 12.3. The van der Waals surface area contributed by atoms with Crippen molar-refractivity contribution in [3.05, 3.63) is 0 Å². The van der Waals surface area contributed by atoms with Gasteiger partial charge in [-0.25, -0.2) is 0 Å². The molecule has 20 heteroatoms. The highest BCUT2D eigenvalue weighted by Crippen LogP contribution is 2.42. The van der Waals surface area contributed by atoms with Crippen LogP contribution < -0.4 is 0 Å². The third kappa shape index (κ3) is 4.41. The van der Waals surface area contributed by atoms with Crippen LogP contribution in [0.2, 0.25) is 45.8 Å². The van der Waals surface area contributed by atoms with Crippen molar-refractivity contribution in [2.45, 2.75) is 45.8 Å². The van der Waals surface area contributed by atoms with Gasteiger partial charge in [0.25, 0.3) is 0 Å². The second-order valence-electron chi connectivity index (χ2n) is 7.24. The van der Waals surface area contributed by atoms with E-state index in [9.17, 15) is 0 Å². The average molecular weight is 537 g/mol. The Bertz CT molecular complexity index is 611. The first kappa shape index (κ1) is 22.4. The fraction of sp³-hybridized carbons (Fsp3) is 1.00. The van der Waals surface area contributed by atoms with E-state index in [4.69, 9.17) is 49.7 Å². The Balaban J connectivity index is 1.90. The minimum Gasteiger partial charge on any atom is -0.394 e. The number of hydrogen-bond acceptors (Lipinski definition) is 12. The van der Waals surface area contributed by atoms with E-state index in [1.165, 1.54) is 7.11 Å². The Morgan fingerprint density at radius 3 is 1.14 bits per heavy atom. The predicted molar refractivity (Wildman–Crippen MR) is 106 cm³/mol. The molecule has 4 aliphatic heterocycles. The summed E-state index contributed by atoms with van der Waals surface area (Å²) in [5.74, 6) is 0. The Hall–Kier alpha value is 1.26. The molecule has 0 N–H and O–H groups in total. The van der Waals surface area contributed by atoms with Gasteiger partial charge in [0.2, 0.25) is 0 Å². The minimum atomic E-state index is -3.40. The summed E-state index contributed by atoms with van der Waals surface area (Å²) in [5.41, 5.74) is 0. The monoisotopic (exact) mass is 536 g/mol. The van der Waals surface area contributed by atoms with Gasteiger partial charge in [0.1, 0.15) is 0 Å². The molecule has 0 aromatic rings. The summed E-state index contributed by atoms with van der Waals surface area (Å²) in [5, 5.41) is 0. The lowest BCUT2D eigenvalue weighted by molar-refractivity contribution is 0.0162. The molecule has 4 atom stereocenters. The zero-order chi connectivity index (χ0) is 20.6. The molecule has 0 aromatic heterocycles. The lowest BCUT2D eigenvalue weighted by Gasteiger charge is -2.55. The molecule has 28 heavy (non-hydrogen) atoms. The van der Waals surface area contributed by atoms with E-state index >= 15 is 0 Å². The molecular formula is C8H24O12Si8. The maximum Gasteiger partial charge on any atom is 0.561 e. The highest BCUT2D eigenvalue weighted by atomic mass is 28.6. The summed E-state index contributed by atoms with van der Waals surface area (Å²) in [7, 11) is -22.9. The van der Waals surface area contributed by atoms with Crippen molar-refractivity contribution in [2.75, 3.05) is 7.11 Å². The Kier molecular flexibility index (Phi) is 5.51. The molecule has 6 bridgehead atoms. The van der Waals surface area contributed by atoms with Crippen molar-refractivity contribution >= 4 is 71.6 Å². The van der Waals surface area contributed by atoms with E-state index in [0.717, 1.165) is 0 Å². The maximum absolute atomic E-state index is 6.37. The first-order valence-electron chi connectivity index (χ1n) is 8.60. The van der Waals surface area contributed by atoms with Crippen LogP contribution in [-0.2, 0) is 49.7 Å². The van der Waals surface area contributed by atoms with Crippen LogP contribution in [0.4, 0.5) is 0 Å². The van der Waals surface area contributed by atoms with Gasteiger partial charge < -0.3 is 49.7 Å². The van der Waals surface area contributed by atoms with Crippen LogP contribution in [-0.4, -0.2) is 78.7 Å². The third-order valence-electron chi connectivity index (χ3n) is 3.96. The van der Waals surface area contributed by atoms with E-state index in [2.05, 4.69) is 0 Å². The van der Waals surface area contributed by atoms with Gasteiger partial charge in [0, 0.05) is 46.4 Å². The van der Waals surface area contributed by atoms with Crippen LogP contribution in [0.5, 0.6) is 0 Å². The second-order valence-corrected chi connectivity index (χ2v) is 28.5. The summed E-state index contributed by atoms with van der Waals surface area (Å²) in [6, 6.07) is 0. The van der Waals surface area contributed by atoms with E-state index in [1.54, 1.807) is 39.3 Å². The van der Waals surface area contributed by atoms with Crippen LogP contribution >= 0.6 is 0 Å². The van der Waals surface area contributed by atoms with Crippen molar-refractivity contribution in [3.63, 3.8) is 0 Å². The topological polar surface area (TPSA) is 111 Å². The Morgan fingerprint density at radius 1 is 0.500 bits per heavy atom. The SMILES string of the molecule is CO[Si]1O[Si]2(C)O[Si]3(C)O[Si](C)O[Si]4(C)O[Si](C)(O1)O[Si](C)(O2)O[Si](C)(O3)O4. The van der Waals surface area contributed by atoms with Gasteiger partial charge in [-0.1, -0.05) is 0 Å². The van der Waals surface area contributed by atoms with E-state index in [1.807, 2.05) is 6.55 Å². The van der Waals surface area contributed by atoms with Gasteiger partial charge in [-0.15, -0.1) is 0 Å². The zero-order valence-electron chi connectivity index (χ0n) is 16.9. The summed E-state index contributed by atoms with van der Waals surface area (Å²) < 4.78 is 74.6. The van der Waals surface area contributed by atoms with Crippen LogP contribution in [0.3, 0.4) is 0 Å².